The molecule has 1 N–H and O–H groups in total. The molecular formula is C19H28N4O2S. The normalized spacial score (nSPS) is 19.5. The van der Waals surface area contributed by atoms with Crippen molar-refractivity contribution in [2.24, 2.45) is 11.0 Å². The first-order chi connectivity index (χ1) is 12.3. The van der Waals surface area contributed by atoms with E-state index in [0.717, 1.165) is 29.7 Å². The van der Waals surface area contributed by atoms with Crippen LogP contribution in [-0.4, -0.2) is 36.5 Å². The number of nitrogens with one attached hydrogen (secondary N) is 1. The van der Waals surface area contributed by atoms with Crippen LogP contribution >= 0.6 is 0 Å². The number of allylic oxidation sites excluding steroid dienone is 3. The first-order valence-corrected chi connectivity index (χ1v) is 10.3. The molecule has 0 saturated heterocycles. The first kappa shape index (κ1) is 20.3. The van der Waals surface area contributed by atoms with Gasteiger partial charge in [-0.15, -0.1) is 0 Å². The van der Waals surface area contributed by atoms with Gasteiger partial charge in [-0.2, -0.15) is 9.41 Å². The summed E-state index contributed by atoms with van der Waals surface area (Å²) in [5.74, 6) is 0.926. The molecule has 0 spiro atoms. The molecule has 0 fully saturated rings. The second-order valence-electron chi connectivity index (χ2n) is 6.51. The van der Waals surface area contributed by atoms with Crippen LogP contribution in [0.3, 0.4) is 0 Å². The fourth-order valence-corrected chi connectivity index (χ4v) is 4.26. The second-order valence-corrected chi connectivity index (χ2v) is 8.45. The Kier molecular flexibility index (Phi) is 6.72. The average Bonchev–Trinajstić information content (AvgIpc) is 2.62. The quantitative estimate of drug-likeness (QED) is 0.580. The summed E-state index contributed by atoms with van der Waals surface area (Å²) in [6.07, 6.45) is 5.39. The lowest BCUT2D eigenvalue weighted by molar-refractivity contribution is 0.445. The molecule has 2 rings (SSSR count). The van der Waals surface area contributed by atoms with Gasteiger partial charge >= 0.3 is 0 Å². The number of hydrogen-bond acceptors (Lipinski definition) is 5. The Bertz CT molecular complexity index is 806. The molecule has 1 aliphatic carbocycles. The summed E-state index contributed by atoms with van der Waals surface area (Å²) in [6.45, 7) is 12.6. The molecule has 0 saturated carbocycles. The van der Waals surface area contributed by atoms with Crippen molar-refractivity contribution in [1.29, 1.82) is 0 Å². The van der Waals surface area contributed by atoms with Gasteiger partial charge in [-0.05, 0) is 50.3 Å². The molecule has 142 valence electrons. The van der Waals surface area contributed by atoms with Crippen LogP contribution in [0.2, 0.25) is 0 Å². The molecule has 1 atom stereocenters. The molecule has 26 heavy (non-hydrogen) atoms. The topological polar surface area (TPSA) is 74.7 Å². The lowest BCUT2D eigenvalue weighted by Gasteiger charge is -2.22. The molecule has 0 radical (unpaired) electrons. The van der Waals surface area contributed by atoms with Crippen LogP contribution in [0.5, 0.6) is 0 Å². The molecule has 1 heterocycles. The Balaban J connectivity index is 2.13. The molecule has 1 aromatic rings. The fourth-order valence-electron chi connectivity index (χ4n) is 2.86. The number of sulfonamides is 1. The fraction of sp³-hybridized carbons (Fsp3) is 0.474. The number of anilines is 1. The van der Waals surface area contributed by atoms with E-state index in [1.54, 1.807) is 12.1 Å². The molecular weight excluding hydrogens is 348 g/mol. The molecule has 0 aromatic carbocycles. The molecule has 0 bridgehead atoms. The molecule has 7 heteroatoms. The van der Waals surface area contributed by atoms with Crippen molar-refractivity contribution in [3.63, 3.8) is 0 Å². The summed E-state index contributed by atoms with van der Waals surface area (Å²) in [6, 6.07) is 3.20. The van der Waals surface area contributed by atoms with E-state index < -0.39 is 10.0 Å². The maximum Gasteiger partial charge on any atom is 0.244 e. The maximum atomic E-state index is 12.5. The minimum atomic E-state index is -3.49. The third-order valence-electron chi connectivity index (χ3n) is 4.69. The smallest absolute Gasteiger partial charge is 0.244 e. The number of hydrazone groups is 1. The predicted molar refractivity (Wildman–Crippen MR) is 107 cm³/mol. The first-order valence-electron chi connectivity index (χ1n) is 8.90. The molecule has 0 amide bonds. The van der Waals surface area contributed by atoms with Crippen LogP contribution in [-0.2, 0) is 10.0 Å². The number of hydrogen-bond donors (Lipinski definition) is 1. The highest BCUT2D eigenvalue weighted by atomic mass is 32.2. The van der Waals surface area contributed by atoms with Gasteiger partial charge in [-0.25, -0.2) is 13.4 Å². The van der Waals surface area contributed by atoms with Crippen molar-refractivity contribution in [2.75, 3.05) is 18.5 Å². The van der Waals surface area contributed by atoms with Gasteiger partial charge < -0.3 is 0 Å². The number of rotatable bonds is 7. The minimum absolute atomic E-state index is 0.190. The Morgan fingerprint density at radius 2 is 2.08 bits per heavy atom. The van der Waals surface area contributed by atoms with Crippen molar-refractivity contribution in [1.82, 2.24) is 9.29 Å². The van der Waals surface area contributed by atoms with Crippen LogP contribution in [0.15, 0.2) is 52.1 Å². The highest BCUT2D eigenvalue weighted by Gasteiger charge is 2.22. The van der Waals surface area contributed by atoms with E-state index in [1.165, 1.54) is 10.5 Å². The zero-order valence-corrected chi connectivity index (χ0v) is 16.8. The maximum absolute atomic E-state index is 12.5. The number of pyridine rings is 1. The van der Waals surface area contributed by atoms with E-state index >= 15 is 0 Å². The molecule has 0 unspecified atom stereocenters. The van der Waals surface area contributed by atoms with Crippen LogP contribution < -0.4 is 5.43 Å². The summed E-state index contributed by atoms with van der Waals surface area (Å²) >= 11 is 0. The zero-order valence-electron chi connectivity index (χ0n) is 16.0. The van der Waals surface area contributed by atoms with E-state index in [0.29, 0.717) is 24.8 Å². The Morgan fingerprint density at radius 3 is 2.62 bits per heavy atom. The van der Waals surface area contributed by atoms with E-state index in [-0.39, 0.29) is 4.90 Å². The summed E-state index contributed by atoms with van der Waals surface area (Å²) in [5, 5.41) is 4.46. The van der Waals surface area contributed by atoms with Gasteiger partial charge in [-0.1, -0.05) is 32.1 Å². The van der Waals surface area contributed by atoms with E-state index in [4.69, 9.17) is 0 Å². The van der Waals surface area contributed by atoms with Crippen LogP contribution in [0.4, 0.5) is 5.82 Å². The average molecular weight is 377 g/mol. The minimum Gasteiger partial charge on any atom is -0.261 e. The summed E-state index contributed by atoms with van der Waals surface area (Å²) < 4.78 is 26.4. The Labute approximate surface area is 156 Å². The molecule has 1 aromatic heterocycles. The van der Waals surface area contributed by atoms with Gasteiger partial charge in [0.25, 0.3) is 0 Å². The summed E-state index contributed by atoms with van der Waals surface area (Å²) in [5.41, 5.74) is 6.22. The van der Waals surface area contributed by atoms with Crippen molar-refractivity contribution >= 4 is 21.6 Å². The lowest BCUT2D eigenvalue weighted by atomic mass is 9.85. The Morgan fingerprint density at radius 1 is 1.38 bits per heavy atom. The monoisotopic (exact) mass is 376 g/mol. The van der Waals surface area contributed by atoms with Crippen molar-refractivity contribution in [2.45, 2.75) is 45.4 Å². The molecule has 1 aliphatic rings. The second kappa shape index (κ2) is 8.60. The van der Waals surface area contributed by atoms with Gasteiger partial charge in [-0.3, -0.25) is 5.43 Å². The van der Waals surface area contributed by atoms with Gasteiger partial charge in [0.2, 0.25) is 10.0 Å². The van der Waals surface area contributed by atoms with Gasteiger partial charge in [0.15, 0.2) is 0 Å². The van der Waals surface area contributed by atoms with E-state index in [2.05, 4.69) is 28.2 Å². The molecule has 0 aliphatic heterocycles. The third kappa shape index (κ3) is 4.59. The van der Waals surface area contributed by atoms with Gasteiger partial charge in [0.05, 0.1) is 5.71 Å². The largest absolute Gasteiger partial charge is 0.261 e. The van der Waals surface area contributed by atoms with Gasteiger partial charge in [0, 0.05) is 19.3 Å². The standard InChI is InChI=1S/C19H28N4O2S/c1-6-23(7-2)26(24,25)17-10-11-19(20-13-17)22-21-18-12-16(14(3)4)9-8-15(18)5/h8,10-11,13,16H,3,6-7,9,12H2,1-2,4-5H3,(H,20,22)/t16-/m0/s1. The van der Waals surface area contributed by atoms with Crippen molar-refractivity contribution in [3.05, 3.63) is 42.1 Å². The Hall–Kier alpha value is -1.99. The van der Waals surface area contributed by atoms with Crippen LogP contribution in [0, 0.1) is 5.92 Å². The zero-order chi connectivity index (χ0) is 19.3. The number of nitrogens with zero attached hydrogens (tertiary/aromatic N) is 3. The number of aromatic nitrogens is 1. The van der Waals surface area contributed by atoms with E-state index in [1.807, 2.05) is 27.7 Å². The van der Waals surface area contributed by atoms with Crippen LogP contribution in [0.25, 0.3) is 0 Å². The van der Waals surface area contributed by atoms with Gasteiger partial charge in [0.1, 0.15) is 10.7 Å². The molecule has 6 nitrogen and oxygen atoms in total. The third-order valence-corrected chi connectivity index (χ3v) is 6.72. The highest BCUT2D eigenvalue weighted by Crippen LogP contribution is 2.26. The lowest BCUT2D eigenvalue weighted by Crippen LogP contribution is -2.30. The predicted octanol–water partition coefficient (Wildman–Crippen LogP) is 3.81. The van der Waals surface area contributed by atoms with E-state index in [9.17, 15) is 8.42 Å². The van der Waals surface area contributed by atoms with Crippen molar-refractivity contribution < 1.29 is 8.42 Å². The highest BCUT2D eigenvalue weighted by molar-refractivity contribution is 7.89. The summed E-state index contributed by atoms with van der Waals surface area (Å²) in [4.78, 5) is 4.39. The summed E-state index contributed by atoms with van der Waals surface area (Å²) in [7, 11) is -3.49. The van der Waals surface area contributed by atoms with Crippen LogP contribution in [0.1, 0.15) is 40.5 Å². The van der Waals surface area contributed by atoms with Crippen molar-refractivity contribution in [3.8, 4) is 0 Å². The SMILES string of the molecule is C=C(C)[C@H]1CC=C(C)C(=NNc2ccc(S(=O)(=O)N(CC)CC)cn2)C1.